The molecule has 1 aliphatic carbocycles. The molecular formula is C15H24N6O7. The van der Waals surface area contributed by atoms with Crippen molar-refractivity contribution < 1.29 is 34.2 Å². The summed E-state index contributed by atoms with van der Waals surface area (Å²) in [6.45, 7) is 0.806. The topological polar surface area (TPSA) is 227 Å². The molecule has 0 radical (unpaired) electrons. The SMILES string of the molecule is CC(O)C(NC(=O)NC1(c2nc(C(N)CO)no2)CC(CC(N)=O)C1)C(=O)O. The van der Waals surface area contributed by atoms with Crippen LogP contribution in [-0.4, -0.2) is 62.1 Å². The molecule has 0 saturated heterocycles. The highest BCUT2D eigenvalue weighted by molar-refractivity contribution is 5.83. The molecule has 9 N–H and O–H groups in total. The lowest BCUT2D eigenvalue weighted by Crippen LogP contribution is -2.60. The Morgan fingerprint density at radius 1 is 1.39 bits per heavy atom. The lowest BCUT2D eigenvalue weighted by atomic mass is 9.66. The molecule has 1 aromatic rings. The van der Waals surface area contributed by atoms with Crippen LogP contribution in [0.1, 0.15) is 43.9 Å². The maximum Gasteiger partial charge on any atom is 0.328 e. The first kappa shape index (κ1) is 21.5. The van der Waals surface area contributed by atoms with Crippen LogP contribution in [0, 0.1) is 5.92 Å². The van der Waals surface area contributed by atoms with Crippen molar-refractivity contribution in [1.82, 2.24) is 20.8 Å². The third-order valence-electron chi connectivity index (χ3n) is 4.53. The lowest BCUT2D eigenvalue weighted by molar-refractivity contribution is -0.141. The van der Waals surface area contributed by atoms with E-state index in [9.17, 15) is 19.5 Å². The van der Waals surface area contributed by atoms with Crippen molar-refractivity contribution in [2.75, 3.05) is 6.61 Å². The maximum atomic E-state index is 12.3. The Kier molecular flexibility index (Phi) is 6.53. The molecule has 2 rings (SSSR count). The first-order chi connectivity index (χ1) is 13.1. The summed E-state index contributed by atoms with van der Waals surface area (Å²) < 4.78 is 5.17. The van der Waals surface area contributed by atoms with Crippen molar-refractivity contribution in [1.29, 1.82) is 0 Å². The number of aliphatic hydroxyl groups is 2. The van der Waals surface area contributed by atoms with E-state index >= 15 is 0 Å². The number of amides is 3. The lowest BCUT2D eigenvalue weighted by Gasteiger charge is -2.45. The highest BCUT2D eigenvalue weighted by Crippen LogP contribution is 2.46. The van der Waals surface area contributed by atoms with Gasteiger partial charge in [-0.25, -0.2) is 9.59 Å². The van der Waals surface area contributed by atoms with Gasteiger partial charge in [0.05, 0.1) is 18.8 Å². The van der Waals surface area contributed by atoms with Crippen molar-refractivity contribution in [2.24, 2.45) is 17.4 Å². The number of aliphatic carboxylic acids is 1. The molecule has 1 saturated carbocycles. The van der Waals surface area contributed by atoms with E-state index < -0.39 is 48.2 Å². The second-order valence-electron chi connectivity index (χ2n) is 6.93. The molecule has 3 amide bonds. The third-order valence-corrected chi connectivity index (χ3v) is 4.53. The van der Waals surface area contributed by atoms with Gasteiger partial charge in [0.15, 0.2) is 11.9 Å². The van der Waals surface area contributed by atoms with E-state index in [1.54, 1.807) is 0 Å². The molecule has 1 heterocycles. The Morgan fingerprint density at radius 3 is 2.54 bits per heavy atom. The summed E-state index contributed by atoms with van der Waals surface area (Å²) in [5.41, 5.74) is 9.69. The number of hydrogen-bond acceptors (Lipinski definition) is 9. The Bertz CT molecular complexity index is 730. The van der Waals surface area contributed by atoms with Crippen LogP contribution in [0.5, 0.6) is 0 Å². The number of carbonyl (C=O) groups excluding carboxylic acids is 2. The van der Waals surface area contributed by atoms with Crippen LogP contribution in [0.15, 0.2) is 4.52 Å². The van der Waals surface area contributed by atoms with Gasteiger partial charge in [0.1, 0.15) is 5.54 Å². The second-order valence-corrected chi connectivity index (χ2v) is 6.93. The van der Waals surface area contributed by atoms with Gasteiger partial charge in [-0.15, -0.1) is 0 Å². The smallest absolute Gasteiger partial charge is 0.328 e. The summed E-state index contributed by atoms with van der Waals surface area (Å²) >= 11 is 0. The van der Waals surface area contributed by atoms with Gasteiger partial charge in [-0.05, 0) is 25.7 Å². The first-order valence-corrected chi connectivity index (χ1v) is 8.56. The molecule has 1 fully saturated rings. The number of rotatable bonds is 9. The Balaban J connectivity index is 2.18. The Hall–Kier alpha value is -2.77. The highest BCUT2D eigenvalue weighted by Gasteiger charge is 2.51. The molecule has 3 atom stereocenters. The zero-order valence-corrected chi connectivity index (χ0v) is 15.2. The van der Waals surface area contributed by atoms with Crippen LogP contribution in [0.25, 0.3) is 0 Å². The zero-order valence-electron chi connectivity index (χ0n) is 15.2. The number of carboxylic acids is 1. The fourth-order valence-electron chi connectivity index (χ4n) is 3.13. The summed E-state index contributed by atoms with van der Waals surface area (Å²) in [5.74, 6) is -2.02. The number of carboxylic acid groups (broad SMARTS) is 1. The van der Waals surface area contributed by atoms with E-state index in [0.717, 1.165) is 0 Å². The molecule has 3 unspecified atom stereocenters. The van der Waals surface area contributed by atoms with Gasteiger partial charge >= 0.3 is 12.0 Å². The minimum atomic E-state index is -1.53. The number of hydrogen-bond donors (Lipinski definition) is 7. The van der Waals surface area contributed by atoms with E-state index in [1.807, 2.05) is 0 Å². The summed E-state index contributed by atoms with van der Waals surface area (Å²) in [5, 5.41) is 36.1. The fourth-order valence-corrected chi connectivity index (χ4v) is 3.13. The number of nitrogens with one attached hydrogen (secondary N) is 2. The quantitative estimate of drug-likeness (QED) is 0.234. The Labute approximate surface area is 159 Å². The number of carbonyl (C=O) groups is 3. The van der Waals surface area contributed by atoms with E-state index in [-0.39, 0.29) is 36.9 Å². The number of nitrogens with two attached hydrogens (primary N) is 2. The molecule has 0 bridgehead atoms. The van der Waals surface area contributed by atoms with E-state index in [2.05, 4.69) is 20.8 Å². The van der Waals surface area contributed by atoms with E-state index in [4.69, 9.17) is 26.2 Å². The number of nitrogens with zero attached hydrogens (tertiary/aromatic N) is 2. The molecule has 0 aliphatic heterocycles. The van der Waals surface area contributed by atoms with Crippen LogP contribution in [-0.2, 0) is 15.1 Å². The molecule has 13 nitrogen and oxygen atoms in total. The molecule has 156 valence electrons. The molecule has 28 heavy (non-hydrogen) atoms. The van der Waals surface area contributed by atoms with Crippen molar-refractivity contribution in [3.8, 4) is 0 Å². The van der Waals surface area contributed by atoms with Gasteiger partial charge in [-0.3, -0.25) is 4.79 Å². The largest absolute Gasteiger partial charge is 0.480 e. The van der Waals surface area contributed by atoms with Gasteiger partial charge in [-0.1, -0.05) is 5.16 Å². The zero-order chi connectivity index (χ0) is 21.1. The first-order valence-electron chi connectivity index (χ1n) is 8.56. The molecule has 0 spiro atoms. The van der Waals surface area contributed by atoms with E-state index in [0.29, 0.717) is 0 Å². The number of urea groups is 1. The van der Waals surface area contributed by atoms with E-state index in [1.165, 1.54) is 6.92 Å². The third kappa shape index (κ3) is 4.74. The van der Waals surface area contributed by atoms with Crippen LogP contribution in [0.2, 0.25) is 0 Å². The van der Waals surface area contributed by atoms with Crippen LogP contribution in [0.3, 0.4) is 0 Å². The molecule has 1 aliphatic rings. The van der Waals surface area contributed by atoms with Gasteiger partial charge in [0.2, 0.25) is 5.91 Å². The number of primary amides is 1. The maximum absolute atomic E-state index is 12.3. The van der Waals surface area contributed by atoms with Crippen LogP contribution >= 0.6 is 0 Å². The summed E-state index contributed by atoms with van der Waals surface area (Å²) in [6, 6.07) is -3.28. The monoisotopic (exact) mass is 400 g/mol. The van der Waals surface area contributed by atoms with Crippen LogP contribution < -0.4 is 22.1 Å². The van der Waals surface area contributed by atoms with Gasteiger partial charge in [0.25, 0.3) is 5.89 Å². The van der Waals surface area contributed by atoms with Crippen molar-refractivity contribution in [3.05, 3.63) is 11.7 Å². The van der Waals surface area contributed by atoms with Crippen molar-refractivity contribution in [3.63, 3.8) is 0 Å². The van der Waals surface area contributed by atoms with Crippen LogP contribution in [0.4, 0.5) is 4.79 Å². The average molecular weight is 400 g/mol. The van der Waals surface area contributed by atoms with Gasteiger partial charge in [0, 0.05) is 6.42 Å². The predicted molar refractivity (Wildman–Crippen MR) is 91.3 cm³/mol. The molecule has 13 heteroatoms. The normalized spacial score (nSPS) is 24.5. The summed E-state index contributed by atoms with van der Waals surface area (Å²) in [4.78, 5) is 38.7. The van der Waals surface area contributed by atoms with Crippen molar-refractivity contribution in [2.45, 2.75) is 49.9 Å². The summed E-state index contributed by atoms with van der Waals surface area (Å²) in [6.07, 6.45) is -0.758. The number of aromatic nitrogens is 2. The Morgan fingerprint density at radius 2 is 2.04 bits per heavy atom. The second kappa shape index (κ2) is 8.50. The highest BCUT2D eigenvalue weighted by atomic mass is 16.5. The predicted octanol–water partition coefficient (Wildman–Crippen LogP) is -2.32. The minimum absolute atomic E-state index is 0.00573. The number of aliphatic hydroxyl groups excluding tert-OH is 2. The minimum Gasteiger partial charge on any atom is -0.480 e. The molecule has 1 aromatic heterocycles. The van der Waals surface area contributed by atoms with Crippen molar-refractivity contribution >= 4 is 17.9 Å². The average Bonchev–Trinajstić information content (AvgIpc) is 3.06. The summed E-state index contributed by atoms with van der Waals surface area (Å²) in [7, 11) is 0. The van der Waals surface area contributed by atoms with Gasteiger partial charge < -0.3 is 41.9 Å². The standard InChI is InChI=1S/C15H24N6O7/c1-6(23)10(12(25)26)18-14(27)20-15(3-7(4-15)2-9(17)24)13-19-11(21-28-13)8(16)5-22/h6-8,10,22-23H,2-5,16H2,1H3,(H2,17,24)(H,25,26)(H2,18,20,27). The van der Waals surface area contributed by atoms with Gasteiger partial charge in [-0.2, -0.15) is 4.98 Å². The molecule has 0 aromatic carbocycles. The molecular weight excluding hydrogens is 376 g/mol. The fraction of sp³-hybridized carbons (Fsp3) is 0.667.